The summed E-state index contributed by atoms with van der Waals surface area (Å²) in [6, 6.07) is 14.3. The molecule has 1 aromatic carbocycles. The highest BCUT2D eigenvalue weighted by molar-refractivity contribution is 5.81. The summed E-state index contributed by atoms with van der Waals surface area (Å²) in [6.07, 6.45) is 6.84. The molecule has 29 heavy (non-hydrogen) atoms. The average molecular weight is 387 g/mol. The molecule has 3 heterocycles. The first-order valence-corrected chi connectivity index (χ1v) is 9.90. The first kappa shape index (κ1) is 19.3. The van der Waals surface area contributed by atoms with Gasteiger partial charge in [0.2, 0.25) is 0 Å². The van der Waals surface area contributed by atoms with Crippen LogP contribution in [0.2, 0.25) is 0 Å². The Morgan fingerprint density at radius 3 is 2.72 bits per heavy atom. The highest BCUT2D eigenvalue weighted by atomic mass is 16.5. The van der Waals surface area contributed by atoms with Gasteiger partial charge in [-0.1, -0.05) is 30.3 Å². The van der Waals surface area contributed by atoms with E-state index in [0.717, 1.165) is 61.8 Å². The summed E-state index contributed by atoms with van der Waals surface area (Å²) < 4.78 is 5.45. The number of rotatable bonds is 6. The highest BCUT2D eigenvalue weighted by Gasteiger charge is 2.12. The number of aromatic amines is 1. The Balaban J connectivity index is 1.54. The third-order valence-corrected chi connectivity index (χ3v) is 5.26. The van der Waals surface area contributed by atoms with Crippen LogP contribution in [0.5, 0.6) is 0 Å². The van der Waals surface area contributed by atoms with Gasteiger partial charge in [-0.05, 0) is 42.3 Å². The molecule has 1 fully saturated rings. The lowest BCUT2D eigenvalue weighted by Gasteiger charge is -2.27. The highest BCUT2D eigenvalue weighted by Crippen LogP contribution is 2.22. The fourth-order valence-corrected chi connectivity index (χ4v) is 3.58. The van der Waals surface area contributed by atoms with E-state index in [1.807, 2.05) is 31.2 Å². The Morgan fingerprint density at radius 1 is 1.10 bits per heavy atom. The number of pyridine rings is 1. The van der Waals surface area contributed by atoms with Crippen molar-refractivity contribution in [3.05, 3.63) is 76.7 Å². The summed E-state index contributed by atoms with van der Waals surface area (Å²) in [5.41, 5.74) is 6.88. The molecular formula is C24H25N3O2. The predicted molar refractivity (Wildman–Crippen MR) is 116 cm³/mol. The van der Waals surface area contributed by atoms with Crippen LogP contribution in [0.25, 0.3) is 23.4 Å². The Bertz CT molecular complexity index is 1020. The third-order valence-electron chi connectivity index (χ3n) is 5.26. The molecule has 1 aliphatic rings. The average Bonchev–Trinajstić information content (AvgIpc) is 3.15. The lowest BCUT2D eigenvalue weighted by atomic mass is 10.1. The maximum absolute atomic E-state index is 11.1. The van der Waals surface area contributed by atoms with Crippen LogP contribution in [0, 0.1) is 6.92 Å². The number of carbonyl (C=O) groups is 1. The molecule has 3 aromatic rings. The second-order valence-corrected chi connectivity index (χ2v) is 7.27. The fourth-order valence-electron chi connectivity index (χ4n) is 3.58. The summed E-state index contributed by atoms with van der Waals surface area (Å²) in [4.78, 5) is 21.3. The van der Waals surface area contributed by atoms with E-state index in [4.69, 9.17) is 4.74 Å². The molecule has 0 radical (unpaired) electrons. The topological polar surface area (TPSA) is 58.2 Å². The number of nitrogens with one attached hydrogen (secondary N) is 1. The summed E-state index contributed by atoms with van der Waals surface area (Å²) in [5.74, 6) is 0. The number of aldehydes is 1. The summed E-state index contributed by atoms with van der Waals surface area (Å²) >= 11 is 0. The van der Waals surface area contributed by atoms with Crippen LogP contribution in [0.1, 0.15) is 32.9 Å². The van der Waals surface area contributed by atoms with E-state index in [0.29, 0.717) is 5.56 Å². The zero-order valence-electron chi connectivity index (χ0n) is 16.6. The van der Waals surface area contributed by atoms with Crippen molar-refractivity contribution in [1.82, 2.24) is 14.9 Å². The Morgan fingerprint density at radius 2 is 1.93 bits per heavy atom. The number of morpholine rings is 1. The Kier molecular flexibility index (Phi) is 5.98. The van der Waals surface area contributed by atoms with Gasteiger partial charge in [0.1, 0.15) is 0 Å². The minimum atomic E-state index is 0.686. The van der Waals surface area contributed by atoms with E-state index in [1.54, 1.807) is 6.20 Å². The SMILES string of the molecule is Cc1[nH]c(-c2ccnc(/C=C/c3ccccc3CN3CCOCC3)c2)cc1C=O. The molecule has 0 aliphatic carbocycles. The summed E-state index contributed by atoms with van der Waals surface area (Å²) in [5, 5.41) is 0. The summed E-state index contributed by atoms with van der Waals surface area (Å²) in [7, 11) is 0. The van der Waals surface area contributed by atoms with Crippen LogP contribution < -0.4 is 0 Å². The fraction of sp³-hybridized carbons (Fsp3) is 0.250. The van der Waals surface area contributed by atoms with E-state index in [-0.39, 0.29) is 0 Å². The lowest BCUT2D eigenvalue weighted by Crippen LogP contribution is -2.35. The van der Waals surface area contributed by atoms with E-state index < -0.39 is 0 Å². The third kappa shape index (κ3) is 4.70. The normalized spacial score (nSPS) is 15.1. The van der Waals surface area contributed by atoms with Crippen molar-refractivity contribution in [2.75, 3.05) is 26.3 Å². The summed E-state index contributed by atoms with van der Waals surface area (Å²) in [6.45, 7) is 6.38. The van der Waals surface area contributed by atoms with Crippen molar-refractivity contribution in [3.63, 3.8) is 0 Å². The molecule has 5 nitrogen and oxygen atoms in total. The molecule has 0 atom stereocenters. The van der Waals surface area contributed by atoms with Crippen LogP contribution in [0.4, 0.5) is 0 Å². The van der Waals surface area contributed by atoms with Gasteiger partial charge in [0.15, 0.2) is 6.29 Å². The smallest absolute Gasteiger partial charge is 0.151 e. The van der Waals surface area contributed by atoms with Crippen LogP contribution in [-0.2, 0) is 11.3 Å². The van der Waals surface area contributed by atoms with Crippen molar-refractivity contribution in [2.45, 2.75) is 13.5 Å². The number of nitrogens with zero attached hydrogens (tertiary/aromatic N) is 2. The maximum Gasteiger partial charge on any atom is 0.151 e. The van der Waals surface area contributed by atoms with Crippen LogP contribution in [-0.4, -0.2) is 47.5 Å². The predicted octanol–water partition coefficient (Wildman–Crippen LogP) is 4.20. The van der Waals surface area contributed by atoms with Crippen molar-refractivity contribution in [1.29, 1.82) is 0 Å². The molecular weight excluding hydrogens is 362 g/mol. The van der Waals surface area contributed by atoms with Crippen LogP contribution in [0.15, 0.2) is 48.7 Å². The number of carbonyl (C=O) groups excluding carboxylic acids is 1. The first-order chi connectivity index (χ1) is 14.2. The van der Waals surface area contributed by atoms with Crippen molar-refractivity contribution < 1.29 is 9.53 Å². The number of hydrogen-bond donors (Lipinski definition) is 1. The molecule has 0 saturated carbocycles. The molecule has 1 N–H and O–H groups in total. The quantitative estimate of drug-likeness (QED) is 0.644. The monoisotopic (exact) mass is 387 g/mol. The van der Waals surface area contributed by atoms with Gasteiger partial charge in [0.25, 0.3) is 0 Å². The molecule has 2 aromatic heterocycles. The van der Waals surface area contributed by atoms with Gasteiger partial charge in [0, 0.05) is 48.3 Å². The molecule has 0 amide bonds. The van der Waals surface area contributed by atoms with Gasteiger partial charge < -0.3 is 9.72 Å². The molecule has 5 heteroatoms. The molecule has 0 spiro atoms. The maximum atomic E-state index is 11.1. The second kappa shape index (κ2) is 8.99. The molecule has 148 valence electrons. The number of aromatic nitrogens is 2. The lowest BCUT2D eigenvalue weighted by molar-refractivity contribution is 0.0341. The zero-order valence-corrected chi connectivity index (χ0v) is 16.6. The van der Waals surface area contributed by atoms with Crippen LogP contribution in [0.3, 0.4) is 0 Å². The number of benzene rings is 1. The van der Waals surface area contributed by atoms with Gasteiger partial charge in [-0.25, -0.2) is 0 Å². The molecule has 0 bridgehead atoms. The van der Waals surface area contributed by atoms with E-state index in [2.05, 4.69) is 45.2 Å². The van der Waals surface area contributed by atoms with Gasteiger partial charge in [-0.15, -0.1) is 0 Å². The zero-order chi connectivity index (χ0) is 20.1. The second-order valence-electron chi connectivity index (χ2n) is 7.27. The molecule has 4 rings (SSSR count). The molecule has 0 unspecified atom stereocenters. The first-order valence-electron chi connectivity index (χ1n) is 9.90. The molecule has 1 aliphatic heterocycles. The van der Waals surface area contributed by atoms with Crippen molar-refractivity contribution >= 4 is 18.4 Å². The molecule has 1 saturated heterocycles. The van der Waals surface area contributed by atoms with Crippen molar-refractivity contribution in [2.24, 2.45) is 0 Å². The van der Waals surface area contributed by atoms with Crippen molar-refractivity contribution in [3.8, 4) is 11.3 Å². The van der Waals surface area contributed by atoms with E-state index in [1.165, 1.54) is 11.1 Å². The van der Waals surface area contributed by atoms with E-state index in [9.17, 15) is 4.79 Å². The van der Waals surface area contributed by atoms with Gasteiger partial charge in [-0.2, -0.15) is 0 Å². The van der Waals surface area contributed by atoms with Gasteiger partial charge in [-0.3, -0.25) is 14.7 Å². The Labute approximate surface area is 171 Å². The minimum Gasteiger partial charge on any atom is -0.379 e. The van der Waals surface area contributed by atoms with Gasteiger partial charge in [0.05, 0.1) is 18.9 Å². The Hall–Kier alpha value is -3.02. The number of aryl methyl sites for hydroxylation is 1. The number of ether oxygens (including phenoxy) is 1. The van der Waals surface area contributed by atoms with Crippen LogP contribution >= 0.6 is 0 Å². The van der Waals surface area contributed by atoms with E-state index >= 15 is 0 Å². The largest absolute Gasteiger partial charge is 0.379 e. The minimum absolute atomic E-state index is 0.686. The van der Waals surface area contributed by atoms with Gasteiger partial charge >= 0.3 is 0 Å². The standard InChI is InChI=1S/C24H25N3O2/c1-18-22(17-28)15-24(26-18)20-8-9-25-23(14-20)7-6-19-4-2-3-5-21(19)16-27-10-12-29-13-11-27/h2-9,14-15,17,26H,10-13,16H2,1H3/b7-6+. The number of hydrogen-bond acceptors (Lipinski definition) is 4. The number of H-pyrrole nitrogens is 1.